The van der Waals surface area contributed by atoms with E-state index in [2.05, 4.69) is 10.6 Å². The van der Waals surface area contributed by atoms with E-state index in [0.29, 0.717) is 9.79 Å². The van der Waals surface area contributed by atoms with Crippen LogP contribution >= 0.6 is 21.6 Å². The first kappa shape index (κ1) is 29.1. The second kappa shape index (κ2) is 12.1. The summed E-state index contributed by atoms with van der Waals surface area (Å²) < 4.78 is 76.9. The smallest absolute Gasteiger partial charge is 0.322 e. The third kappa shape index (κ3) is 7.39. The Labute approximate surface area is 232 Å². The number of hydrogen-bond acceptors (Lipinski definition) is 4. The highest BCUT2D eigenvalue weighted by atomic mass is 33.1. The van der Waals surface area contributed by atoms with E-state index in [0.717, 1.165) is 48.5 Å². The first-order chi connectivity index (χ1) is 18.9. The molecule has 0 radical (unpaired) electrons. The van der Waals surface area contributed by atoms with Crippen LogP contribution in [0, 0.1) is 0 Å². The molecule has 2 N–H and O–H groups in total. The molecule has 4 nitrogen and oxygen atoms in total. The fourth-order valence-corrected chi connectivity index (χ4v) is 5.79. The molecule has 0 aromatic heterocycles. The molecular weight excluding hydrogens is 574 g/mol. The van der Waals surface area contributed by atoms with Gasteiger partial charge in [0, 0.05) is 21.2 Å². The van der Waals surface area contributed by atoms with Crippen molar-refractivity contribution in [1.82, 2.24) is 0 Å². The van der Waals surface area contributed by atoms with Gasteiger partial charge in [0.2, 0.25) is 0 Å². The summed E-state index contributed by atoms with van der Waals surface area (Å²) in [4.78, 5) is 26.9. The zero-order chi connectivity index (χ0) is 28.9. The molecule has 206 valence electrons. The Bertz CT molecular complexity index is 1390. The summed E-state index contributed by atoms with van der Waals surface area (Å²) in [6.07, 6.45) is -8.98. The second-order valence-electron chi connectivity index (χ2n) is 8.22. The van der Waals surface area contributed by atoms with E-state index in [-0.39, 0.29) is 22.5 Å². The number of benzene rings is 4. The third-order valence-electron chi connectivity index (χ3n) is 5.42. The predicted octanol–water partition coefficient (Wildman–Crippen LogP) is 9.03. The predicted molar refractivity (Wildman–Crippen MR) is 143 cm³/mol. The lowest BCUT2D eigenvalue weighted by Gasteiger charge is -2.13. The van der Waals surface area contributed by atoms with Crippen LogP contribution in [-0.2, 0) is 12.4 Å². The number of amides is 2. The molecule has 0 fully saturated rings. The summed E-state index contributed by atoms with van der Waals surface area (Å²) in [5, 5.41) is 5.16. The van der Waals surface area contributed by atoms with E-state index >= 15 is 0 Å². The molecule has 0 atom stereocenters. The molecular formula is C28H18F6N2O2S2. The van der Waals surface area contributed by atoms with Crippen LogP contribution in [0.1, 0.15) is 31.8 Å². The number of alkyl halides is 6. The molecule has 4 aromatic rings. The molecule has 4 aromatic carbocycles. The van der Waals surface area contributed by atoms with Gasteiger partial charge >= 0.3 is 12.4 Å². The molecule has 0 aliphatic rings. The van der Waals surface area contributed by atoms with E-state index in [4.69, 9.17) is 0 Å². The monoisotopic (exact) mass is 592 g/mol. The zero-order valence-electron chi connectivity index (χ0n) is 20.1. The molecule has 0 saturated carbocycles. The summed E-state index contributed by atoms with van der Waals surface area (Å²) in [5.74, 6) is -1.06. The Kier molecular flexibility index (Phi) is 8.79. The van der Waals surface area contributed by atoms with Crippen LogP contribution in [0.5, 0.6) is 0 Å². The Morgan fingerprint density at radius 1 is 0.500 bits per heavy atom. The molecule has 4 rings (SSSR count). The van der Waals surface area contributed by atoms with Crippen LogP contribution in [0.25, 0.3) is 0 Å². The standard InChI is InChI=1S/C28H18F6N2O2S2/c29-27(30,31)17-9-13-19(14-10-17)35-25(37)21-5-1-3-7-23(21)39-40-24-8-4-2-6-22(24)26(38)36-20-15-11-18(12-16-20)28(32,33)34/h1-16H,(H,35,37)(H,36,38). The summed E-state index contributed by atoms with van der Waals surface area (Å²) in [5.41, 5.74) is -0.748. The molecule has 0 heterocycles. The highest BCUT2D eigenvalue weighted by Gasteiger charge is 2.31. The van der Waals surface area contributed by atoms with Crippen LogP contribution in [0.3, 0.4) is 0 Å². The van der Waals surface area contributed by atoms with Crippen molar-refractivity contribution in [2.24, 2.45) is 0 Å². The van der Waals surface area contributed by atoms with Crippen molar-refractivity contribution >= 4 is 44.8 Å². The van der Waals surface area contributed by atoms with Crippen molar-refractivity contribution in [3.05, 3.63) is 119 Å². The Hall–Kier alpha value is -3.90. The topological polar surface area (TPSA) is 58.2 Å². The molecule has 0 aliphatic heterocycles. The van der Waals surface area contributed by atoms with Crippen LogP contribution in [-0.4, -0.2) is 11.8 Å². The van der Waals surface area contributed by atoms with Crippen molar-refractivity contribution in [3.63, 3.8) is 0 Å². The molecule has 0 unspecified atom stereocenters. The average molecular weight is 593 g/mol. The summed E-state index contributed by atoms with van der Waals surface area (Å²) in [7, 11) is 2.38. The first-order valence-electron chi connectivity index (χ1n) is 11.4. The van der Waals surface area contributed by atoms with Crippen molar-refractivity contribution in [2.75, 3.05) is 10.6 Å². The van der Waals surface area contributed by atoms with Gasteiger partial charge in [0.1, 0.15) is 0 Å². The third-order valence-corrected chi connectivity index (χ3v) is 7.91. The normalized spacial score (nSPS) is 11.7. The molecule has 0 bridgehead atoms. The van der Waals surface area contributed by atoms with Crippen molar-refractivity contribution < 1.29 is 35.9 Å². The summed E-state index contributed by atoms with van der Waals surface area (Å²) in [6.45, 7) is 0. The van der Waals surface area contributed by atoms with Gasteiger partial charge in [0.25, 0.3) is 11.8 Å². The van der Waals surface area contributed by atoms with E-state index in [1.54, 1.807) is 48.5 Å². The minimum Gasteiger partial charge on any atom is -0.322 e. The van der Waals surface area contributed by atoms with E-state index < -0.39 is 35.3 Å². The van der Waals surface area contributed by atoms with E-state index in [1.807, 2.05) is 0 Å². The van der Waals surface area contributed by atoms with Gasteiger partial charge in [-0.05, 0) is 72.8 Å². The minimum absolute atomic E-state index is 0.190. The fourth-order valence-electron chi connectivity index (χ4n) is 3.43. The lowest BCUT2D eigenvalue weighted by atomic mass is 10.1. The highest BCUT2D eigenvalue weighted by Crippen LogP contribution is 2.41. The molecule has 40 heavy (non-hydrogen) atoms. The fraction of sp³-hybridized carbons (Fsp3) is 0.0714. The molecule has 0 saturated heterocycles. The average Bonchev–Trinajstić information content (AvgIpc) is 2.92. The number of hydrogen-bond donors (Lipinski definition) is 2. The lowest BCUT2D eigenvalue weighted by molar-refractivity contribution is -0.138. The zero-order valence-corrected chi connectivity index (χ0v) is 21.8. The van der Waals surface area contributed by atoms with Crippen molar-refractivity contribution in [2.45, 2.75) is 22.1 Å². The number of rotatable bonds is 7. The number of nitrogens with one attached hydrogen (secondary N) is 2. The summed E-state index contributed by atoms with van der Waals surface area (Å²) >= 11 is 0. The molecule has 2 amide bonds. The van der Waals surface area contributed by atoms with Crippen LogP contribution in [0.15, 0.2) is 107 Å². The summed E-state index contributed by atoms with van der Waals surface area (Å²) in [6, 6.07) is 21.3. The molecule has 12 heteroatoms. The van der Waals surface area contributed by atoms with Gasteiger partial charge in [0.05, 0.1) is 22.3 Å². The number of carbonyl (C=O) groups excluding carboxylic acids is 2. The van der Waals surface area contributed by atoms with Crippen LogP contribution < -0.4 is 10.6 Å². The van der Waals surface area contributed by atoms with Crippen molar-refractivity contribution in [1.29, 1.82) is 0 Å². The van der Waals surface area contributed by atoms with Crippen molar-refractivity contribution in [3.8, 4) is 0 Å². The minimum atomic E-state index is -4.49. The number of carbonyl (C=O) groups is 2. The van der Waals surface area contributed by atoms with Crippen LogP contribution in [0.4, 0.5) is 37.7 Å². The number of anilines is 2. The van der Waals surface area contributed by atoms with Gasteiger partial charge < -0.3 is 10.6 Å². The van der Waals surface area contributed by atoms with Gasteiger partial charge in [-0.15, -0.1) is 0 Å². The van der Waals surface area contributed by atoms with Gasteiger partial charge in [-0.25, -0.2) is 0 Å². The van der Waals surface area contributed by atoms with Crippen LogP contribution in [0.2, 0.25) is 0 Å². The SMILES string of the molecule is O=C(Nc1ccc(C(F)(F)F)cc1)c1ccccc1SSc1ccccc1C(=O)Nc1ccc(C(F)(F)F)cc1. The lowest BCUT2D eigenvalue weighted by Crippen LogP contribution is -2.13. The number of halogens is 6. The maximum Gasteiger partial charge on any atom is 0.416 e. The van der Waals surface area contributed by atoms with E-state index in [1.165, 1.54) is 21.6 Å². The Balaban J connectivity index is 1.45. The largest absolute Gasteiger partial charge is 0.416 e. The Morgan fingerprint density at radius 2 is 0.825 bits per heavy atom. The first-order valence-corrected chi connectivity index (χ1v) is 13.6. The molecule has 0 aliphatic carbocycles. The second-order valence-corrected chi connectivity index (χ2v) is 10.4. The maximum absolute atomic E-state index is 12.9. The van der Waals surface area contributed by atoms with Gasteiger partial charge in [-0.1, -0.05) is 45.9 Å². The van der Waals surface area contributed by atoms with Gasteiger partial charge in [0.15, 0.2) is 0 Å². The van der Waals surface area contributed by atoms with Gasteiger partial charge in [-0.2, -0.15) is 26.3 Å². The van der Waals surface area contributed by atoms with Gasteiger partial charge in [-0.3, -0.25) is 9.59 Å². The Morgan fingerprint density at radius 3 is 1.15 bits per heavy atom. The quantitative estimate of drug-likeness (QED) is 0.166. The van der Waals surface area contributed by atoms with E-state index in [9.17, 15) is 35.9 Å². The maximum atomic E-state index is 12.9. The highest BCUT2D eigenvalue weighted by molar-refractivity contribution is 8.76. The molecule has 0 spiro atoms.